The summed E-state index contributed by atoms with van der Waals surface area (Å²) in [6, 6.07) is 3.97. The van der Waals surface area contributed by atoms with Crippen LogP contribution < -0.4 is 5.56 Å². The highest BCUT2D eigenvalue weighted by atomic mass is 16.2. The van der Waals surface area contributed by atoms with Gasteiger partial charge < -0.3 is 9.88 Å². The molecular formula is C25H33N5O2. The molecule has 2 N–H and O–H groups in total. The van der Waals surface area contributed by atoms with Gasteiger partial charge in [-0.2, -0.15) is 5.10 Å². The summed E-state index contributed by atoms with van der Waals surface area (Å²) < 4.78 is 0. The summed E-state index contributed by atoms with van der Waals surface area (Å²) in [5.74, 6) is 0.306. The third-order valence-electron chi connectivity index (χ3n) is 6.20. The molecule has 3 heterocycles. The van der Waals surface area contributed by atoms with Gasteiger partial charge in [0, 0.05) is 34.1 Å². The van der Waals surface area contributed by atoms with Crippen molar-refractivity contribution < 1.29 is 4.79 Å². The van der Waals surface area contributed by atoms with E-state index in [4.69, 9.17) is 4.98 Å². The fourth-order valence-corrected chi connectivity index (χ4v) is 4.32. The number of aromatic amines is 2. The standard InChI is InChI=1S/C25H33N5O2/c1-7-8-17-11-14(2)26-23(31)19(17)13-30(25(4,5)6)24(32)18-12-20(16-9-10-16)27-22-21(18)15(3)28-29-22/h11-12,16H,7-10,13H2,1-6H3,(H,26,31)(H,27,28,29). The van der Waals surface area contributed by atoms with Crippen LogP contribution in [-0.4, -0.2) is 36.5 Å². The SMILES string of the molecule is CCCc1cc(C)[nH]c(=O)c1CN(C(=O)c1cc(C2CC2)nc2n[nH]c(C)c12)C(C)(C)C. The zero-order chi connectivity index (χ0) is 23.2. The Labute approximate surface area is 188 Å². The Morgan fingerprint density at radius 3 is 2.56 bits per heavy atom. The van der Waals surface area contributed by atoms with E-state index in [-0.39, 0.29) is 18.0 Å². The van der Waals surface area contributed by atoms with Crippen LogP contribution in [0.4, 0.5) is 0 Å². The molecule has 1 amide bonds. The molecule has 32 heavy (non-hydrogen) atoms. The normalized spacial score (nSPS) is 14.2. The first kappa shape index (κ1) is 22.2. The third kappa shape index (κ3) is 4.20. The fourth-order valence-electron chi connectivity index (χ4n) is 4.32. The first-order chi connectivity index (χ1) is 15.1. The number of amides is 1. The number of aryl methyl sites for hydroxylation is 3. The molecule has 0 atom stereocenters. The van der Waals surface area contributed by atoms with Gasteiger partial charge in [0.1, 0.15) is 0 Å². The van der Waals surface area contributed by atoms with Crippen molar-refractivity contribution in [2.24, 2.45) is 0 Å². The summed E-state index contributed by atoms with van der Waals surface area (Å²) in [5, 5.41) is 8.09. The van der Waals surface area contributed by atoms with E-state index < -0.39 is 5.54 Å². The number of fused-ring (bicyclic) bond motifs is 1. The van der Waals surface area contributed by atoms with Crippen molar-refractivity contribution in [1.29, 1.82) is 0 Å². The summed E-state index contributed by atoms with van der Waals surface area (Å²) in [4.78, 5) is 36.4. The van der Waals surface area contributed by atoms with E-state index in [0.29, 0.717) is 22.7 Å². The van der Waals surface area contributed by atoms with Crippen molar-refractivity contribution in [1.82, 2.24) is 25.1 Å². The summed E-state index contributed by atoms with van der Waals surface area (Å²) in [6.07, 6.45) is 3.93. The lowest BCUT2D eigenvalue weighted by molar-refractivity contribution is 0.0559. The van der Waals surface area contributed by atoms with Crippen LogP contribution in [0, 0.1) is 13.8 Å². The largest absolute Gasteiger partial charge is 0.329 e. The summed E-state index contributed by atoms with van der Waals surface area (Å²) in [6.45, 7) is 12.2. The molecule has 1 aliphatic rings. The molecular weight excluding hydrogens is 402 g/mol. The molecule has 0 bridgehead atoms. The molecule has 170 valence electrons. The zero-order valence-corrected chi connectivity index (χ0v) is 19.9. The van der Waals surface area contributed by atoms with Gasteiger partial charge in [0.25, 0.3) is 11.5 Å². The van der Waals surface area contributed by atoms with Crippen molar-refractivity contribution >= 4 is 16.9 Å². The van der Waals surface area contributed by atoms with Gasteiger partial charge in [-0.15, -0.1) is 0 Å². The number of aromatic nitrogens is 4. The minimum atomic E-state index is -0.481. The van der Waals surface area contributed by atoms with Crippen molar-refractivity contribution in [3.8, 4) is 0 Å². The Morgan fingerprint density at radius 2 is 1.94 bits per heavy atom. The molecule has 0 radical (unpaired) electrons. The average Bonchev–Trinajstić information content (AvgIpc) is 3.49. The van der Waals surface area contributed by atoms with Crippen LogP contribution in [0.2, 0.25) is 0 Å². The van der Waals surface area contributed by atoms with E-state index in [0.717, 1.165) is 53.7 Å². The molecule has 7 nitrogen and oxygen atoms in total. The lowest BCUT2D eigenvalue weighted by Gasteiger charge is -2.36. The molecule has 1 fully saturated rings. The molecule has 3 aromatic heterocycles. The van der Waals surface area contributed by atoms with Crippen LogP contribution in [0.1, 0.15) is 91.4 Å². The second-order valence-corrected chi connectivity index (χ2v) is 10.0. The van der Waals surface area contributed by atoms with Crippen molar-refractivity contribution in [2.75, 3.05) is 0 Å². The molecule has 1 saturated carbocycles. The van der Waals surface area contributed by atoms with Gasteiger partial charge in [-0.25, -0.2) is 4.98 Å². The first-order valence-electron chi connectivity index (χ1n) is 11.5. The Balaban J connectivity index is 1.82. The molecule has 0 aromatic carbocycles. The number of nitrogens with zero attached hydrogens (tertiary/aromatic N) is 3. The second-order valence-electron chi connectivity index (χ2n) is 10.0. The molecule has 0 aliphatic heterocycles. The number of hydrogen-bond acceptors (Lipinski definition) is 4. The second kappa shape index (κ2) is 8.19. The Bertz CT molecular complexity index is 1230. The van der Waals surface area contributed by atoms with E-state index >= 15 is 0 Å². The van der Waals surface area contributed by atoms with Gasteiger partial charge in [0.15, 0.2) is 5.65 Å². The Kier molecular flexibility index (Phi) is 5.69. The van der Waals surface area contributed by atoms with E-state index in [1.807, 2.05) is 51.7 Å². The van der Waals surface area contributed by atoms with E-state index in [1.165, 1.54) is 0 Å². The zero-order valence-electron chi connectivity index (χ0n) is 19.9. The third-order valence-corrected chi connectivity index (χ3v) is 6.20. The number of carbonyl (C=O) groups is 1. The molecule has 4 rings (SSSR count). The molecule has 0 saturated heterocycles. The van der Waals surface area contributed by atoms with E-state index in [1.54, 1.807) is 0 Å². The van der Waals surface area contributed by atoms with Crippen LogP contribution in [0.15, 0.2) is 16.9 Å². The highest BCUT2D eigenvalue weighted by Crippen LogP contribution is 2.40. The van der Waals surface area contributed by atoms with Crippen LogP contribution in [0.5, 0.6) is 0 Å². The minimum Gasteiger partial charge on any atom is -0.329 e. The molecule has 0 spiro atoms. The highest BCUT2D eigenvalue weighted by molar-refractivity contribution is 6.06. The number of carbonyl (C=O) groups excluding carboxylic acids is 1. The van der Waals surface area contributed by atoms with Gasteiger partial charge in [0.05, 0.1) is 17.5 Å². The monoisotopic (exact) mass is 435 g/mol. The number of hydrogen-bond donors (Lipinski definition) is 2. The summed E-state index contributed by atoms with van der Waals surface area (Å²) in [7, 11) is 0. The molecule has 0 unspecified atom stereocenters. The van der Waals surface area contributed by atoms with Gasteiger partial charge in [0.2, 0.25) is 0 Å². The molecule has 7 heteroatoms. The lowest BCUT2D eigenvalue weighted by Crippen LogP contribution is -2.46. The summed E-state index contributed by atoms with van der Waals surface area (Å²) in [5.41, 5.74) is 4.87. The predicted octanol–water partition coefficient (Wildman–Crippen LogP) is 4.53. The topological polar surface area (TPSA) is 94.7 Å². The van der Waals surface area contributed by atoms with Crippen LogP contribution >= 0.6 is 0 Å². The maximum absolute atomic E-state index is 14.0. The maximum Gasteiger partial charge on any atom is 0.255 e. The van der Waals surface area contributed by atoms with E-state index in [9.17, 15) is 9.59 Å². The quantitative estimate of drug-likeness (QED) is 0.594. The number of nitrogens with one attached hydrogen (secondary N) is 2. The van der Waals surface area contributed by atoms with Crippen molar-refractivity contribution in [3.05, 3.63) is 56.3 Å². The van der Waals surface area contributed by atoms with Gasteiger partial charge in [-0.05, 0) is 71.6 Å². The first-order valence-corrected chi connectivity index (χ1v) is 11.5. The Hall–Kier alpha value is -2.96. The molecule has 3 aromatic rings. The number of H-pyrrole nitrogens is 2. The number of rotatable bonds is 6. The van der Waals surface area contributed by atoms with Crippen molar-refractivity contribution in [2.45, 2.75) is 85.2 Å². The van der Waals surface area contributed by atoms with E-state index in [2.05, 4.69) is 22.1 Å². The Morgan fingerprint density at radius 1 is 1.22 bits per heavy atom. The molecule has 1 aliphatic carbocycles. The number of pyridine rings is 2. The minimum absolute atomic E-state index is 0.0984. The lowest BCUT2D eigenvalue weighted by atomic mass is 9.98. The highest BCUT2D eigenvalue weighted by Gasteiger charge is 2.33. The van der Waals surface area contributed by atoms with Crippen LogP contribution in [-0.2, 0) is 13.0 Å². The maximum atomic E-state index is 14.0. The van der Waals surface area contributed by atoms with Crippen LogP contribution in [0.3, 0.4) is 0 Å². The van der Waals surface area contributed by atoms with Crippen molar-refractivity contribution in [3.63, 3.8) is 0 Å². The van der Waals surface area contributed by atoms with Gasteiger partial charge in [-0.1, -0.05) is 13.3 Å². The predicted molar refractivity (Wildman–Crippen MR) is 126 cm³/mol. The summed E-state index contributed by atoms with van der Waals surface area (Å²) >= 11 is 0. The van der Waals surface area contributed by atoms with Gasteiger partial charge >= 0.3 is 0 Å². The fraction of sp³-hybridized carbons (Fsp3) is 0.520. The van der Waals surface area contributed by atoms with Crippen LogP contribution in [0.25, 0.3) is 11.0 Å². The smallest absolute Gasteiger partial charge is 0.255 e. The average molecular weight is 436 g/mol. The van der Waals surface area contributed by atoms with Gasteiger partial charge in [-0.3, -0.25) is 14.7 Å².